The molecule has 1 atom stereocenters. The van der Waals surface area contributed by atoms with Crippen molar-refractivity contribution in [1.82, 2.24) is 0 Å². The van der Waals surface area contributed by atoms with Crippen molar-refractivity contribution >= 4 is 24.2 Å². The number of rotatable bonds is 5. The lowest BCUT2D eigenvalue weighted by Crippen LogP contribution is -2.20. The number of benzene rings is 2. The van der Waals surface area contributed by atoms with Gasteiger partial charge in [-0.15, -0.1) is 0 Å². The highest BCUT2D eigenvalue weighted by atomic mass is 32.2. The van der Waals surface area contributed by atoms with Gasteiger partial charge in [-0.2, -0.15) is 11.8 Å². The highest BCUT2D eigenvalue weighted by Crippen LogP contribution is 2.34. The zero-order chi connectivity index (χ0) is 17.3. The molecule has 0 aliphatic carbocycles. The molecule has 0 aliphatic rings. The van der Waals surface area contributed by atoms with Crippen LogP contribution >= 0.6 is 11.8 Å². The predicted octanol–water partition coefficient (Wildman–Crippen LogP) is 3.51. The number of thioether (sulfide) groups is 1. The Morgan fingerprint density at radius 3 is 2.22 bits per heavy atom. The van der Waals surface area contributed by atoms with Crippen molar-refractivity contribution in [2.24, 2.45) is 10.7 Å². The summed E-state index contributed by atoms with van der Waals surface area (Å²) in [5.41, 5.74) is 13.1. The van der Waals surface area contributed by atoms with Crippen molar-refractivity contribution in [2.75, 3.05) is 25.0 Å². The van der Waals surface area contributed by atoms with E-state index < -0.39 is 5.54 Å². The van der Waals surface area contributed by atoms with Crippen LogP contribution in [0.3, 0.4) is 0 Å². The average molecular weight is 331 g/mol. The Labute approximate surface area is 142 Å². The maximum atomic E-state index is 5.85. The lowest BCUT2D eigenvalue weighted by molar-refractivity contribution is 0.414. The van der Waals surface area contributed by atoms with Gasteiger partial charge in [-0.3, -0.25) is 4.99 Å². The van der Waals surface area contributed by atoms with Crippen LogP contribution in [0.25, 0.3) is 0 Å². The minimum Gasteiger partial charge on any atom is -0.497 e. The van der Waals surface area contributed by atoms with E-state index in [4.69, 9.17) is 16.2 Å². The van der Waals surface area contributed by atoms with E-state index in [-0.39, 0.29) is 0 Å². The molecule has 1 unspecified atom stereocenters. The summed E-state index contributed by atoms with van der Waals surface area (Å²) in [6.45, 7) is 5.76. The quantitative estimate of drug-likeness (QED) is 0.499. The Kier molecular flexibility index (Phi) is 7.65. The first-order valence-corrected chi connectivity index (χ1v) is 8.58. The summed E-state index contributed by atoms with van der Waals surface area (Å²) in [4.78, 5) is 4.31. The summed E-state index contributed by atoms with van der Waals surface area (Å²) in [5, 5.41) is 0. The van der Waals surface area contributed by atoms with Gasteiger partial charge in [0.05, 0.1) is 7.11 Å². The van der Waals surface area contributed by atoms with Crippen LogP contribution < -0.4 is 16.2 Å². The fourth-order valence-electron chi connectivity index (χ4n) is 2.11. The molecule has 0 radical (unpaired) electrons. The van der Waals surface area contributed by atoms with Crippen LogP contribution in [0.1, 0.15) is 18.1 Å². The van der Waals surface area contributed by atoms with Gasteiger partial charge in [-0.25, -0.2) is 0 Å². The van der Waals surface area contributed by atoms with E-state index in [1.54, 1.807) is 18.9 Å². The molecule has 2 aromatic rings. The van der Waals surface area contributed by atoms with Crippen LogP contribution in [0.4, 0.5) is 5.69 Å². The van der Waals surface area contributed by atoms with Gasteiger partial charge in [0, 0.05) is 11.6 Å². The van der Waals surface area contributed by atoms with E-state index >= 15 is 0 Å². The highest BCUT2D eigenvalue weighted by molar-refractivity contribution is 7.98. The molecule has 0 aliphatic heterocycles. The third-order valence-electron chi connectivity index (χ3n) is 3.58. The van der Waals surface area contributed by atoms with Gasteiger partial charge >= 0.3 is 0 Å². The minimum absolute atomic E-state index is 0.512. The van der Waals surface area contributed by atoms with Gasteiger partial charge in [-0.1, -0.05) is 24.3 Å². The first kappa shape index (κ1) is 19.1. The Hall–Kier alpha value is -1.98. The van der Waals surface area contributed by atoms with E-state index in [2.05, 4.69) is 11.7 Å². The average Bonchev–Trinajstić information content (AvgIpc) is 2.61. The second kappa shape index (κ2) is 9.22. The summed E-state index contributed by atoms with van der Waals surface area (Å²) < 4.78 is 5.17. The Morgan fingerprint density at radius 1 is 1.17 bits per heavy atom. The summed E-state index contributed by atoms with van der Waals surface area (Å²) in [5.74, 6) is 1.56. The van der Waals surface area contributed by atoms with Crippen LogP contribution in [0, 0.1) is 0 Å². The number of nitrogen functional groups attached to an aromatic ring is 1. The zero-order valence-electron chi connectivity index (χ0n) is 14.0. The molecule has 0 heterocycles. The molecule has 0 amide bonds. The van der Waals surface area contributed by atoms with Gasteiger partial charge in [0.1, 0.15) is 11.3 Å². The molecule has 23 heavy (non-hydrogen) atoms. The number of nitrogens with zero attached hydrogens (tertiary/aromatic N) is 1. The molecule has 4 nitrogen and oxygen atoms in total. The Balaban J connectivity index is 0.000000593. The van der Waals surface area contributed by atoms with Crippen LogP contribution in [0.2, 0.25) is 0 Å². The number of aliphatic imine (C=N–C) groups is 1. The standard InChI is InChI=1S/C16H18N2O.C2H7NS/c1-16(18-2,13-5-4-6-14(17)11-13)12-7-9-15(19-3)10-8-12;1-4-2-3/h4-11H,2,17H2,1,3H3;2-3H2,1H3. The maximum Gasteiger partial charge on any atom is 0.118 e. The van der Waals surface area contributed by atoms with Crippen LogP contribution in [0.5, 0.6) is 5.75 Å². The lowest BCUT2D eigenvalue weighted by Gasteiger charge is -2.26. The fourth-order valence-corrected chi connectivity index (χ4v) is 2.11. The van der Waals surface area contributed by atoms with Crippen molar-refractivity contribution in [3.05, 3.63) is 59.7 Å². The zero-order valence-corrected chi connectivity index (χ0v) is 14.8. The van der Waals surface area contributed by atoms with Gasteiger partial charge in [0.25, 0.3) is 0 Å². The van der Waals surface area contributed by atoms with Gasteiger partial charge < -0.3 is 16.2 Å². The first-order chi connectivity index (χ1) is 11.0. The van der Waals surface area contributed by atoms with Crippen molar-refractivity contribution in [2.45, 2.75) is 12.5 Å². The molecular weight excluding hydrogens is 306 g/mol. The van der Waals surface area contributed by atoms with Crippen LogP contribution in [0.15, 0.2) is 53.5 Å². The molecule has 2 rings (SSSR count). The number of hydrogen-bond acceptors (Lipinski definition) is 5. The predicted molar refractivity (Wildman–Crippen MR) is 102 cm³/mol. The van der Waals surface area contributed by atoms with Crippen molar-refractivity contribution in [1.29, 1.82) is 0 Å². The number of anilines is 1. The second-order valence-electron chi connectivity index (χ2n) is 5.04. The smallest absolute Gasteiger partial charge is 0.118 e. The van der Waals surface area contributed by atoms with Crippen LogP contribution in [-0.4, -0.2) is 26.0 Å². The normalized spacial score (nSPS) is 12.5. The van der Waals surface area contributed by atoms with Crippen molar-refractivity contribution < 1.29 is 4.74 Å². The van der Waals surface area contributed by atoms with Gasteiger partial charge in [-0.05, 0) is 55.3 Å². The van der Waals surface area contributed by atoms with E-state index in [1.165, 1.54) is 0 Å². The Bertz CT molecular complexity index is 614. The van der Waals surface area contributed by atoms with Crippen molar-refractivity contribution in [3.63, 3.8) is 0 Å². The van der Waals surface area contributed by atoms with Gasteiger partial charge in [0.2, 0.25) is 0 Å². The highest BCUT2D eigenvalue weighted by Gasteiger charge is 2.27. The molecule has 4 N–H and O–H groups in total. The minimum atomic E-state index is -0.512. The molecule has 0 aromatic heterocycles. The third-order valence-corrected chi connectivity index (χ3v) is 3.92. The number of ether oxygens (including phenoxy) is 1. The van der Waals surface area contributed by atoms with E-state index in [0.29, 0.717) is 0 Å². The monoisotopic (exact) mass is 331 g/mol. The molecule has 124 valence electrons. The third kappa shape index (κ3) is 5.01. The lowest BCUT2D eigenvalue weighted by atomic mass is 9.85. The maximum absolute atomic E-state index is 5.85. The molecule has 0 saturated heterocycles. The van der Waals surface area contributed by atoms with E-state index in [9.17, 15) is 0 Å². The SMILES string of the molecule is C=NC(C)(c1ccc(OC)cc1)c1cccc(N)c1.CSCN. The van der Waals surface area contributed by atoms with E-state index in [1.807, 2.05) is 61.7 Å². The topological polar surface area (TPSA) is 73.6 Å². The second-order valence-corrected chi connectivity index (χ2v) is 5.95. The Morgan fingerprint density at radius 2 is 1.78 bits per heavy atom. The molecule has 5 heteroatoms. The molecule has 2 aromatic carbocycles. The van der Waals surface area contributed by atoms with Gasteiger partial charge in [0.15, 0.2) is 0 Å². The molecule has 0 spiro atoms. The molecule has 0 bridgehead atoms. The number of hydrogen-bond donors (Lipinski definition) is 2. The molecule has 0 fully saturated rings. The fraction of sp³-hybridized carbons (Fsp3) is 0.278. The van der Waals surface area contributed by atoms with Crippen molar-refractivity contribution in [3.8, 4) is 5.75 Å². The van der Waals surface area contributed by atoms with Crippen LogP contribution in [-0.2, 0) is 5.54 Å². The summed E-state index contributed by atoms with van der Waals surface area (Å²) in [6.07, 6.45) is 1.97. The summed E-state index contributed by atoms with van der Waals surface area (Å²) in [6, 6.07) is 15.6. The first-order valence-electron chi connectivity index (χ1n) is 7.19. The number of methoxy groups -OCH3 is 1. The summed E-state index contributed by atoms with van der Waals surface area (Å²) >= 11 is 1.63. The molecular formula is C18H25N3OS. The van der Waals surface area contributed by atoms with E-state index in [0.717, 1.165) is 28.4 Å². The largest absolute Gasteiger partial charge is 0.497 e. The molecule has 0 saturated carbocycles. The summed E-state index contributed by atoms with van der Waals surface area (Å²) in [7, 11) is 1.65. The number of nitrogens with two attached hydrogens (primary N) is 2.